The molecule has 3 aromatic rings. The Bertz CT molecular complexity index is 1390. The lowest BCUT2D eigenvalue weighted by molar-refractivity contribution is 0.0522. The first-order chi connectivity index (χ1) is 17.6. The molecule has 3 rings (SSSR count). The van der Waals surface area contributed by atoms with Gasteiger partial charge in [-0.25, -0.2) is 13.2 Å². The lowest BCUT2D eigenvalue weighted by Crippen LogP contribution is -2.27. The Hall–Kier alpha value is -2.97. The zero-order valence-electron chi connectivity index (χ0n) is 22.6. The summed E-state index contributed by atoms with van der Waals surface area (Å²) in [6, 6.07) is 5.32. The molecule has 0 saturated heterocycles. The molecule has 1 aromatic carbocycles. The highest BCUT2D eigenvalue weighted by molar-refractivity contribution is 7.99. The van der Waals surface area contributed by atoms with E-state index in [1.807, 2.05) is 39.0 Å². The second-order valence-electron chi connectivity index (χ2n) is 10.4. The maximum absolute atomic E-state index is 12.6. The van der Waals surface area contributed by atoms with E-state index in [2.05, 4.69) is 30.1 Å². The molecule has 0 aliphatic heterocycles. The fourth-order valence-electron chi connectivity index (χ4n) is 3.58. The van der Waals surface area contributed by atoms with Gasteiger partial charge >= 0.3 is 6.09 Å². The molecule has 3 N–H and O–H groups in total. The highest BCUT2D eigenvalue weighted by Gasteiger charge is 2.22. The van der Waals surface area contributed by atoms with Crippen LogP contribution in [-0.2, 0) is 14.8 Å². The number of carbonyl (C=O) groups is 1. The average molecular weight is 566 g/mol. The van der Waals surface area contributed by atoms with Crippen LogP contribution in [0.2, 0.25) is 0 Å². The molecule has 14 heteroatoms. The van der Waals surface area contributed by atoms with Crippen molar-refractivity contribution < 1.29 is 23.1 Å². The Balaban J connectivity index is 1.90. The molecular formula is C24H35N7O5S2. The molecule has 0 radical (unpaired) electrons. The van der Waals surface area contributed by atoms with E-state index in [9.17, 15) is 18.3 Å². The highest BCUT2D eigenvalue weighted by atomic mass is 32.2. The normalized spacial score (nSPS) is 13.9. The summed E-state index contributed by atoms with van der Waals surface area (Å²) in [6.45, 7) is 11.2. The van der Waals surface area contributed by atoms with Gasteiger partial charge in [0, 0.05) is 10.6 Å². The van der Waals surface area contributed by atoms with Gasteiger partial charge in [-0.3, -0.25) is 4.72 Å². The predicted molar refractivity (Wildman–Crippen MR) is 148 cm³/mol. The smallest absolute Gasteiger partial charge is 0.435 e. The van der Waals surface area contributed by atoms with Crippen molar-refractivity contribution in [3.05, 3.63) is 30.0 Å². The minimum atomic E-state index is -3.63. The Morgan fingerprint density at radius 2 is 1.84 bits per heavy atom. The van der Waals surface area contributed by atoms with Gasteiger partial charge in [0.1, 0.15) is 5.60 Å². The van der Waals surface area contributed by atoms with Crippen molar-refractivity contribution in [1.29, 1.82) is 0 Å². The molecular weight excluding hydrogens is 530 g/mol. The maximum atomic E-state index is 12.6. The summed E-state index contributed by atoms with van der Waals surface area (Å²) in [6.07, 6.45) is 2.70. The monoisotopic (exact) mass is 565 g/mol. The van der Waals surface area contributed by atoms with Gasteiger partial charge in [0.05, 0.1) is 30.6 Å². The van der Waals surface area contributed by atoms with Crippen LogP contribution >= 0.6 is 11.8 Å². The van der Waals surface area contributed by atoms with E-state index in [1.165, 1.54) is 16.4 Å². The van der Waals surface area contributed by atoms with Crippen molar-refractivity contribution >= 4 is 50.7 Å². The summed E-state index contributed by atoms with van der Waals surface area (Å²) in [5.41, 5.74) is 0.803. The molecule has 0 aliphatic carbocycles. The maximum Gasteiger partial charge on any atom is 0.435 e. The van der Waals surface area contributed by atoms with Crippen LogP contribution < -0.4 is 10.0 Å². The van der Waals surface area contributed by atoms with Gasteiger partial charge < -0.3 is 15.2 Å². The topological polar surface area (TPSA) is 161 Å². The van der Waals surface area contributed by atoms with Crippen LogP contribution in [0.15, 0.2) is 29.6 Å². The Morgan fingerprint density at radius 1 is 1.16 bits per heavy atom. The van der Waals surface area contributed by atoms with Crippen molar-refractivity contribution in [3.8, 4) is 0 Å². The van der Waals surface area contributed by atoms with Gasteiger partial charge in [-0.1, -0.05) is 37.7 Å². The molecule has 0 amide bonds. The molecule has 0 fully saturated rings. The summed E-state index contributed by atoms with van der Waals surface area (Å²) in [4.78, 5) is 25.5. The van der Waals surface area contributed by atoms with E-state index in [0.717, 1.165) is 17.2 Å². The number of nitrogens with one attached hydrogen (secondary N) is 2. The minimum absolute atomic E-state index is 0.126. The standard InChI is InChI=1S/C24H35N7O5S2/c1-14(2)10-18(13-32)26-20-27-21(30-38(7,34)35)29-22(28-20)37-15(3)16-8-9-17-12-25-31(19(17)11-16)23(33)36-24(4,5)6/h8-9,11-12,14-15,18,32H,10,13H2,1-7H3,(H2,26,27,28,29,30)/t15?,18-/m1/s1. The van der Waals surface area contributed by atoms with Crippen LogP contribution in [-0.4, -0.2) is 68.9 Å². The third-order valence-electron chi connectivity index (χ3n) is 5.11. The molecule has 2 atom stereocenters. The van der Waals surface area contributed by atoms with Crippen LogP contribution in [0.25, 0.3) is 10.9 Å². The minimum Gasteiger partial charge on any atom is -0.442 e. The van der Waals surface area contributed by atoms with Crippen LogP contribution in [0.5, 0.6) is 0 Å². The lowest BCUT2D eigenvalue weighted by atomic mass is 10.0. The third-order valence-corrected chi connectivity index (χ3v) is 6.69. The lowest BCUT2D eigenvalue weighted by Gasteiger charge is -2.19. The first-order valence-corrected chi connectivity index (χ1v) is 14.9. The van der Waals surface area contributed by atoms with Crippen LogP contribution in [0.4, 0.5) is 16.7 Å². The number of carbonyl (C=O) groups excluding carboxylic acids is 1. The molecule has 0 spiro atoms. The first-order valence-electron chi connectivity index (χ1n) is 12.1. The van der Waals surface area contributed by atoms with E-state index in [0.29, 0.717) is 17.9 Å². The van der Waals surface area contributed by atoms with E-state index in [-0.39, 0.29) is 35.0 Å². The zero-order chi connectivity index (χ0) is 28.3. The largest absolute Gasteiger partial charge is 0.442 e. The second-order valence-corrected chi connectivity index (χ2v) is 13.5. The number of sulfonamides is 1. The molecule has 2 aromatic heterocycles. The summed E-state index contributed by atoms with van der Waals surface area (Å²) in [5.74, 6) is 0.339. The summed E-state index contributed by atoms with van der Waals surface area (Å²) in [7, 11) is -3.63. The van der Waals surface area contributed by atoms with Gasteiger partial charge in [-0.05, 0) is 51.7 Å². The molecule has 38 heavy (non-hydrogen) atoms. The fraction of sp³-hybridized carbons (Fsp3) is 0.542. The number of aliphatic hydroxyl groups excluding tert-OH is 1. The van der Waals surface area contributed by atoms with Gasteiger partial charge in [-0.15, -0.1) is 0 Å². The SMILES string of the molecule is CC(C)C[C@H](CO)Nc1nc(NS(C)(=O)=O)nc(SC(C)c2ccc3cnn(C(=O)OC(C)(C)C)c3c2)n1. The number of anilines is 2. The number of aromatic nitrogens is 5. The quantitative estimate of drug-likeness (QED) is 0.304. The van der Waals surface area contributed by atoms with Gasteiger partial charge in [0.2, 0.25) is 21.9 Å². The molecule has 0 saturated carbocycles. The fourth-order valence-corrected chi connectivity index (χ4v) is 4.88. The number of rotatable bonds is 10. The third kappa shape index (κ3) is 8.53. The number of aliphatic hydroxyl groups is 1. The van der Waals surface area contributed by atoms with Crippen LogP contribution in [0.1, 0.15) is 58.8 Å². The second kappa shape index (κ2) is 11.8. The predicted octanol–water partition coefficient (Wildman–Crippen LogP) is 4.05. The molecule has 208 valence electrons. The van der Waals surface area contributed by atoms with E-state index in [1.54, 1.807) is 27.0 Å². The molecule has 0 aliphatic rings. The molecule has 0 bridgehead atoms. The van der Waals surface area contributed by atoms with Crippen molar-refractivity contribution in [1.82, 2.24) is 24.7 Å². The average Bonchev–Trinajstić information content (AvgIpc) is 3.19. The number of nitrogens with zero attached hydrogens (tertiary/aromatic N) is 5. The van der Waals surface area contributed by atoms with Crippen LogP contribution in [0, 0.1) is 5.92 Å². The Kier molecular flexibility index (Phi) is 9.21. The molecule has 2 heterocycles. The van der Waals surface area contributed by atoms with Gasteiger partial charge in [0.15, 0.2) is 5.16 Å². The number of ether oxygens (including phenoxy) is 1. The summed E-state index contributed by atoms with van der Waals surface area (Å²) in [5, 5.41) is 17.9. The van der Waals surface area contributed by atoms with E-state index in [4.69, 9.17) is 4.74 Å². The molecule has 1 unspecified atom stereocenters. The van der Waals surface area contributed by atoms with E-state index >= 15 is 0 Å². The van der Waals surface area contributed by atoms with Crippen molar-refractivity contribution in [3.63, 3.8) is 0 Å². The first kappa shape index (κ1) is 29.6. The number of fused-ring (bicyclic) bond motifs is 1. The highest BCUT2D eigenvalue weighted by Crippen LogP contribution is 2.35. The number of hydrogen-bond acceptors (Lipinski definition) is 11. The summed E-state index contributed by atoms with van der Waals surface area (Å²) >= 11 is 1.29. The van der Waals surface area contributed by atoms with E-state index < -0.39 is 21.7 Å². The van der Waals surface area contributed by atoms with Gasteiger partial charge in [0.25, 0.3) is 0 Å². The Labute approximate surface area is 227 Å². The number of benzene rings is 1. The van der Waals surface area contributed by atoms with Crippen molar-refractivity contribution in [2.75, 3.05) is 22.9 Å². The summed E-state index contributed by atoms with van der Waals surface area (Å²) < 4.78 is 32.7. The van der Waals surface area contributed by atoms with Crippen molar-refractivity contribution in [2.24, 2.45) is 5.92 Å². The zero-order valence-corrected chi connectivity index (χ0v) is 24.2. The Morgan fingerprint density at radius 3 is 2.45 bits per heavy atom. The molecule has 12 nitrogen and oxygen atoms in total. The van der Waals surface area contributed by atoms with Crippen LogP contribution in [0.3, 0.4) is 0 Å². The van der Waals surface area contributed by atoms with Crippen molar-refractivity contribution in [2.45, 2.75) is 70.0 Å². The number of hydrogen-bond donors (Lipinski definition) is 3. The number of thioether (sulfide) groups is 1. The van der Waals surface area contributed by atoms with Gasteiger partial charge in [-0.2, -0.15) is 24.7 Å².